The van der Waals surface area contributed by atoms with Crippen LogP contribution in [0.2, 0.25) is 0 Å². The van der Waals surface area contributed by atoms with Gasteiger partial charge in [0.2, 0.25) is 0 Å². The maximum Gasteiger partial charge on any atom is 0.253 e. The monoisotopic (exact) mass is 308 g/mol. The van der Waals surface area contributed by atoms with Gasteiger partial charge in [0.05, 0.1) is 11.8 Å². The Morgan fingerprint density at radius 2 is 2.04 bits per heavy atom. The van der Waals surface area contributed by atoms with Crippen LogP contribution in [-0.4, -0.2) is 20.7 Å². The van der Waals surface area contributed by atoms with Gasteiger partial charge >= 0.3 is 0 Å². The van der Waals surface area contributed by atoms with E-state index in [1.54, 1.807) is 12.4 Å². The van der Waals surface area contributed by atoms with E-state index in [-0.39, 0.29) is 11.9 Å². The molecule has 0 saturated heterocycles. The molecule has 0 radical (unpaired) electrons. The van der Waals surface area contributed by atoms with Crippen molar-refractivity contribution in [1.82, 2.24) is 20.1 Å². The summed E-state index contributed by atoms with van der Waals surface area (Å²) >= 11 is 0. The molecule has 0 fully saturated rings. The molecule has 0 bridgehead atoms. The lowest BCUT2D eigenvalue weighted by atomic mass is 10.1. The molecular formula is C18H20N4O. The second-order valence-corrected chi connectivity index (χ2v) is 5.93. The number of carbonyl (C=O) groups excluding carboxylic acids is 1. The van der Waals surface area contributed by atoms with Gasteiger partial charge in [0.25, 0.3) is 5.91 Å². The summed E-state index contributed by atoms with van der Waals surface area (Å²) in [5.41, 5.74) is 3.63. The Hall–Kier alpha value is -2.69. The third-order valence-corrected chi connectivity index (χ3v) is 3.89. The third-order valence-electron chi connectivity index (χ3n) is 3.89. The van der Waals surface area contributed by atoms with Gasteiger partial charge in [-0.2, -0.15) is 5.10 Å². The number of hydrogen-bond donors (Lipinski definition) is 1. The summed E-state index contributed by atoms with van der Waals surface area (Å²) in [6.45, 7) is 6.65. The molecular weight excluding hydrogens is 288 g/mol. The molecule has 1 N–H and O–H groups in total. The van der Waals surface area contributed by atoms with Crippen LogP contribution in [0.15, 0.2) is 42.7 Å². The molecule has 0 spiro atoms. The van der Waals surface area contributed by atoms with Crippen LogP contribution in [0.3, 0.4) is 0 Å². The van der Waals surface area contributed by atoms with Gasteiger partial charge in [-0.15, -0.1) is 0 Å². The van der Waals surface area contributed by atoms with Crippen molar-refractivity contribution in [1.29, 1.82) is 0 Å². The lowest BCUT2D eigenvalue weighted by Crippen LogP contribution is -2.23. The minimum atomic E-state index is -0.125. The van der Waals surface area contributed by atoms with Gasteiger partial charge in [0.1, 0.15) is 0 Å². The maximum atomic E-state index is 12.3. The predicted molar refractivity (Wildman–Crippen MR) is 90.3 cm³/mol. The van der Waals surface area contributed by atoms with E-state index < -0.39 is 0 Å². The van der Waals surface area contributed by atoms with Crippen LogP contribution in [0, 0.1) is 6.92 Å². The highest BCUT2D eigenvalue weighted by atomic mass is 16.1. The van der Waals surface area contributed by atoms with Crippen molar-refractivity contribution in [2.75, 3.05) is 0 Å². The number of amides is 1. The Labute approximate surface area is 135 Å². The highest BCUT2D eigenvalue weighted by Crippen LogP contribution is 2.16. The molecule has 1 aromatic carbocycles. The Balaban J connectivity index is 1.77. The van der Waals surface area contributed by atoms with E-state index in [9.17, 15) is 4.79 Å². The summed E-state index contributed by atoms with van der Waals surface area (Å²) in [4.78, 5) is 16.7. The van der Waals surface area contributed by atoms with Crippen LogP contribution in [0.4, 0.5) is 0 Å². The first kappa shape index (κ1) is 15.2. The first-order valence-electron chi connectivity index (χ1n) is 7.72. The standard InChI is InChI=1S/C18H20N4O/c1-12(2)22-17-15(11-21-22)8-16(10-19-17)18(23)20-9-14-7-5-4-6-13(14)3/h4-8,10-12H,9H2,1-3H3,(H,20,23). The molecule has 5 heteroatoms. The SMILES string of the molecule is Cc1ccccc1CNC(=O)c1cnc2c(cnn2C(C)C)c1. The number of carbonyl (C=O) groups is 1. The number of pyridine rings is 1. The Morgan fingerprint density at radius 3 is 2.78 bits per heavy atom. The molecule has 2 aromatic heterocycles. The summed E-state index contributed by atoms with van der Waals surface area (Å²) in [5, 5.41) is 8.14. The highest BCUT2D eigenvalue weighted by molar-refractivity contribution is 5.96. The van der Waals surface area contributed by atoms with Gasteiger partial charge < -0.3 is 5.32 Å². The smallest absolute Gasteiger partial charge is 0.253 e. The Kier molecular flexibility index (Phi) is 4.10. The minimum absolute atomic E-state index is 0.125. The molecule has 0 atom stereocenters. The van der Waals surface area contributed by atoms with Gasteiger partial charge in [0, 0.05) is 24.2 Å². The number of hydrogen-bond acceptors (Lipinski definition) is 3. The quantitative estimate of drug-likeness (QED) is 0.805. The molecule has 0 aliphatic carbocycles. The molecule has 0 unspecified atom stereocenters. The fourth-order valence-electron chi connectivity index (χ4n) is 2.53. The number of nitrogens with zero attached hydrogens (tertiary/aromatic N) is 3. The Bertz CT molecular complexity index is 851. The fourth-order valence-corrected chi connectivity index (χ4v) is 2.53. The Morgan fingerprint density at radius 1 is 1.26 bits per heavy atom. The van der Waals surface area contributed by atoms with E-state index in [4.69, 9.17) is 0 Å². The first-order valence-corrected chi connectivity index (χ1v) is 7.72. The van der Waals surface area contributed by atoms with Crippen LogP contribution in [0.25, 0.3) is 11.0 Å². The van der Waals surface area contributed by atoms with Crippen molar-refractivity contribution in [3.05, 3.63) is 59.4 Å². The summed E-state index contributed by atoms with van der Waals surface area (Å²) in [7, 11) is 0. The molecule has 0 saturated carbocycles. The normalized spacial score (nSPS) is 11.1. The van der Waals surface area contributed by atoms with E-state index in [2.05, 4.69) is 29.2 Å². The van der Waals surface area contributed by atoms with Crippen molar-refractivity contribution in [2.24, 2.45) is 0 Å². The number of fused-ring (bicyclic) bond motifs is 1. The summed E-state index contributed by atoms with van der Waals surface area (Å²) < 4.78 is 1.85. The number of aromatic nitrogens is 3. The van der Waals surface area contributed by atoms with Gasteiger partial charge in [-0.25, -0.2) is 9.67 Å². The largest absolute Gasteiger partial charge is 0.348 e. The molecule has 1 amide bonds. The van der Waals surface area contributed by atoms with Crippen LogP contribution in [0.5, 0.6) is 0 Å². The molecule has 0 aliphatic rings. The first-order chi connectivity index (χ1) is 11.1. The second kappa shape index (κ2) is 6.20. The van der Waals surface area contributed by atoms with Crippen molar-refractivity contribution in [3.8, 4) is 0 Å². The van der Waals surface area contributed by atoms with Crippen molar-refractivity contribution in [2.45, 2.75) is 33.4 Å². The van der Waals surface area contributed by atoms with Crippen LogP contribution < -0.4 is 5.32 Å². The molecule has 23 heavy (non-hydrogen) atoms. The van der Waals surface area contributed by atoms with E-state index >= 15 is 0 Å². The number of aryl methyl sites for hydroxylation is 1. The zero-order valence-electron chi connectivity index (χ0n) is 13.6. The molecule has 3 aromatic rings. The zero-order valence-corrected chi connectivity index (χ0v) is 13.6. The predicted octanol–water partition coefficient (Wildman–Crippen LogP) is 3.25. The second-order valence-electron chi connectivity index (χ2n) is 5.93. The number of rotatable bonds is 4. The molecule has 3 rings (SSSR count). The van der Waals surface area contributed by atoms with E-state index in [0.29, 0.717) is 12.1 Å². The maximum absolute atomic E-state index is 12.3. The lowest BCUT2D eigenvalue weighted by molar-refractivity contribution is 0.0950. The molecule has 2 heterocycles. The number of benzene rings is 1. The average Bonchev–Trinajstić information content (AvgIpc) is 2.97. The lowest BCUT2D eigenvalue weighted by Gasteiger charge is -2.08. The average molecular weight is 308 g/mol. The topological polar surface area (TPSA) is 59.8 Å². The van der Waals surface area contributed by atoms with Crippen molar-refractivity contribution >= 4 is 16.9 Å². The van der Waals surface area contributed by atoms with Crippen LogP contribution in [0.1, 0.15) is 41.4 Å². The van der Waals surface area contributed by atoms with Crippen LogP contribution in [-0.2, 0) is 6.54 Å². The van der Waals surface area contributed by atoms with Gasteiger partial charge in [-0.05, 0) is 38.0 Å². The molecule has 118 valence electrons. The van der Waals surface area contributed by atoms with Gasteiger partial charge in [-0.1, -0.05) is 24.3 Å². The molecule has 5 nitrogen and oxygen atoms in total. The minimum Gasteiger partial charge on any atom is -0.348 e. The van der Waals surface area contributed by atoms with Gasteiger partial charge in [-0.3, -0.25) is 4.79 Å². The van der Waals surface area contributed by atoms with E-state index in [1.165, 1.54) is 5.56 Å². The third kappa shape index (κ3) is 3.08. The zero-order chi connectivity index (χ0) is 16.4. The molecule has 0 aliphatic heterocycles. The summed E-state index contributed by atoms with van der Waals surface area (Å²) in [6, 6.07) is 10.1. The summed E-state index contributed by atoms with van der Waals surface area (Å²) in [6.07, 6.45) is 3.36. The van der Waals surface area contributed by atoms with E-state index in [0.717, 1.165) is 16.6 Å². The van der Waals surface area contributed by atoms with Crippen LogP contribution >= 0.6 is 0 Å². The van der Waals surface area contributed by atoms with E-state index in [1.807, 2.05) is 41.9 Å². The number of nitrogens with one attached hydrogen (secondary N) is 1. The highest BCUT2D eigenvalue weighted by Gasteiger charge is 2.11. The van der Waals surface area contributed by atoms with Gasteiger partial charge in [0.15, 0.2) is 5.65 Å². The van der Waals surface area contributed by atoms with Crippen molar-refractivity contribution < 1.29 is 4.79 Å². The van der Waals surface area contributed by atoms with Crippen molar-refractivity contribution in [3.63, 3.8) is 0 Å². The summed E-state index contributed by atoms with van der Waals surface area (Å²) in [5.74, 6) is -0.125. The fraction of sp³-hybridized carbons (Fsp3) is 0.278.